The van der Waals surface area contributed by atoms with Crippen molar-refractivity contribution < 1.29 is 0 Å². The van der Waals surface area contributed by atoms with Gasteiger partial charge in [0.2, 0.25) is 0 Å². The van der Waals surface area contributed by atoms with Gasteiger partial charge >= 0.3 is 0 Å². The molecule has 3 aromatic rings. The van der Waals surface area contributed by atoms with Crippen LogP contribution in [0.1, 0.15) is 30.0 Å². The highest BCUT2D eigenvalue weighted by Gasteiger charge is 2.16. The van der Waals surface area contributed by atoms with Crippen molar-refractivity contribution in [2.75, 3.05) is 0 Å². The van der Waals surface area contributed by atoms with Crippen LogP contribution in [-0.2, 0) is 6.54 Å². The Kier molecular flexibility index (Phi) is 4.22. The van der Waals surface area contributed by atoms with Gasteiger partial charge in [-0.3, -0.25) is 0 Å². The van der Waals surface area contributed by atoms with Crippen molar-refractivity contribution in [1.82, 2.24) is 9.55 Å². The fraction of sp³-hybridized carbons (Fsp3) is 0.350. The Labute approximate surface area is 138 Å². The Balaban J connectivity index is 2.27. The molecule has 0 bridgehead atoms. The number of imidazole rings is 1. The molecule has 0 amide bonds. The van der Waals surface area contributed by atoms with Crippen LogP contribution in [0.4, 0.5) is 0 Å². The van der Waals surface area contributed by atoms with Gasteiger partial charge in [-0.2, -0.15) is 0 Å². The second-order valence-electron chi connectivity index (χ2n) is 6.45. The summed E-state index contributed by atoms with van der Waals surface area (Å²) in [5.41, 5.74) is 13.5. The van der Waals surface area contributed by atoms with Gasteiger partial charge in [0.1, 0.15) is 5.82 Å². The van der Waals surface area contributed by atoms with E-state index in [2.05, 4.69) is 68.7 Å². The summed E-state index contributed by atoms with van der Waals surface area (Å²) in [6.07, 6.45) is 0.956. The fourth-order valence-electron chi connectivity index (χ4n) is 2.96. The van der Waals surface area contributed by atoms with Gasteiger partial charge in [-0.1, -0.05) is 31.2 Å². The number of aromatic nitrogens is 2. The zero-order valence-corrected chi connectivity index (χ0v) is 14.4. The lowest BCUT2D eigenvalue weighted by Gasteiger charge is -2.15. The molecule has 3 nitrogen and oxygen atoms in total. The number of fused-ring (bicyclic) bond motifs is 1. The van der Waals surface area contributed by atoms with E-state index in [0.717, 1.165) is 24.3 Å². The lowest BCUT2D eigenvalue weighted by atomic mass is 10.1. The lowest BCUT2D eigenvalue weighted by molar-refractivity contribution is 0.551. The van der Waals surface area contributed by atoms with E-state index < -0.39 is 0 Å². The summed E-state index contributed by atoms with van der Waals surface area (Å²) in [5.74, 6) is 1.02. The number of hydrogen-bond acceptors (Lipinski definition) is 2. The van der Waals surface area contributed by atoms with Crippen LogP contribution in [0.3, 0.4) is 0 Å². The van der Waals surface area contributed by atoms with E-state index in [1.165, 1.54) is 27.8 Å². The van der Waals surface area contributed by atoms with Gasteiger partial charge in [-0.05, 0) is 56.0 Å². The summed E-state index contributed by atoms with van der Waals surface area (Å²) in [4.78, 5) is 4.94. The van der Waals surface area contributed by atoms with Gasteiger partial charge in [-0.15, -0.1) is 0 Å². The predicted molar refractivity (Wildman–Crippen MR) is 97.6 cm³/mol. The molecule has 3 heteroatoms. The Morgan fingerprint density at radius 3 is 2.43 bits per heavy atom. The largest absolute Gasteiger partial charge is 0.326 e. The van der Waals surface area contributed by atoms with Crippen LogP contribution in [0, 0.1) is 20.8 Å². The van der Waals surface area contributed by atoms with Crippen molar-refractivity contribution in [3.63, 3.8) is 0 Å². The first-order valence-electron chi connectivity index (χ1n) is 8.30. The zero-order chi connectivity index (χ0) is 16.6. The molecule has 120 valence electrons. The third kappa shape index (κ3) is 2.89. The van der Waals surface area contributed by atoms with Crippen LogP contribution in [-0.4, -0.2) is 15.6 Å². The molecule has 0 fully saturated rings. The zero-order valence-electron chi connectivity index (χ0n) is 14.4. The average molecular weight is 307 g/mol. The summed E-state index contributed by atoms with van der Waals surface area (Å²) >= 11 is 0. The van der Waals surface area contributed by atoms with Crippen LogP contribution < -0.4 is 5.73 Å². The monoisotopic (exact) mass is 307 g/mol. The van der Waals surface area contributed by atoms with Crippen molar-refractivity contribution in [2.24, 2.45) is 5.73 Å². The van der Waals surface area contributed by atoms with E-state index in [-0.39, 0.29) is 6.04 Å². The molecule has 2 aromatic carbocycles. The van der Waals surface area contributed by atoms with Gasteiger partial charge in [0.25, 0.3) is 0 Å². The molecule has 2 N–H and O–H groups in total. The Hall–Kier alpha value is -2.13. The minimum atomic E-state index is 0.136. The van der Waals surface area contributed by atoms with Gasteiger partial charge in [0, 0.05) is 18.2 Å². The van der Waals surface area contributed by atoms with Crippen molar-refractivity contribution in [1.29, 1.82) is 0 Å². The molecule has 0 spiro atoms. The standard InChI is InChI=1S/C20H25N3/c1-5-16(21)12-23-19-11-15(4)14(3)10-18(19)22-20(23)17-9-7-6-8-13(17)2/h6-11,16H,5,12,21H2,1-4H3. The third-order valence-corrected chi connectivity index (χ3v) is 4.69. The van der Waals surface area contributed by atoms with E-state index >= 15 is 0 Å². The molecule has 23 heavy (non-hydrogen) atoms. The minimum Gasteiger partial charge on any atom is -0.326 e. The molecule has 0 radical (unpaired) electrons. The summed E-state index contributed by atoms with van der Waals surface area (Å²) < 4.78 is 2.29. The molecule has 3 rings (SSSR count). The van der Waals surface area contributed by atoms with Gasteiger partial charge in [-0.25, -0.2) is 4.98 Å². The summed E-state index contributed by atoms with van der Waals surface area (Å²) in [6.45, 7) is 9.35. The number of rotatable bonds is 4. The molecule has 1 unspecified atom stereocenters. The normalized spacial score (nSPS) is 12.7. The molecular formula is C20H25N3. The van der Waals surface area contributed by atoms with Crippen LogP contribution >= 0.6 is 0 Å². The van der Waals surface area contributed by atoms with Gasteiger partial charge in [0.15, 0.2) is 0 Å². The quantitative estimate of drug-likeness (QED) is 0.778. The third-order valence-electron chi connectivity index (χ3n) is 4.69. The van der Waals surface area contributed by atoms with E-state index in [1.54, 1.807) is 0 Å². The number of nitrogens with zero attached hydrogens (tertiary/aromatic N) is 2. The van der Waals surface area contributed by atoms with E-state index in [1.807, 2.05) is 0 Å². The molecular weight excluding hydrogens is 282 g/mol. The Morgan fingerprint density at radius 2 is 1.74 bits per heavy atom. The fourth-order valence-corrected chi connectivity index (χ4v) is 2.96. The molecule has 1 aromatic heterocycles. The minimum absolute atomic E-state index is 0.136. The summed E-state index contributed by atoms with van der Waals surface area (Å²) in [5, 5.41) is 0. The lowest BCUT2D eigenvalue weighted by Crippen LogP contribution is -2.25. The highest BCUT2D eigenvalue weighted by atomic mass is 15.1. The molecule has 1 atom stereocenters. The van der Waals surface area contributed by atoms with Crippen molar-refractivity contribution >= 4 is 11.0 Å². The summed E-state index contributed by atoms with van der Waals surface area (Å²) in [6, 6.07) is 13.0. The molecule has 0 aliphatic heterocycles. The maximum atomic E-state index is 6.26. The molecule has 0 saturated carbocycles. The van der Waals surface area contributed by atoms with Crippen LogP contribution in [0.5, 0.6) is 0 Å². The first-order valence-corrected chi connectivity index (χ1v) is 8.30. The van der Waals surface area contributed by atoms with Crippen LogP contribution in [0.15, 0.2) is 36.4 Å². The smallest absolute Gasteiger partial charge is 0.141 e. The van der Waals surface area contributed by atoms with Crippen molar-refractivity contribution in [3.05, 3.63) is 53.1 Å². The second kappa shape index (κ2) is 6.17. The molecule has 0 saturated heterocycles. The maximum Gasteiger partial charge on any atom is 0.141 e. The van der Waals surface area contributed by atoms with Gasteiger partial charge in [0.05, 0.1) is 11.0 Å². The highest BCUT2D eigenvalue weighted by molar-refractivity contribution is 5.82. The first-order chi connectivity index (χ1) is 11.0. The van der Waals surface area contributed by atoms with Crippen LogP contribution in [0.2, 0.25) is 0 Å². The van der Waals surface area contributed by atoms with Crippen molar-refractivity contribution in [2.45, 2.75) is 46.7 Å². The number of nitrogens with two attached hydrogens (primary N) is 1. The number of hydrogen-bond donors (Lipinski definition) is 1. The molecule has 0 aliphatic rings. The SMILES string of the molecule is CCC(N)Cn1c(-c2ccccc2C)nc2cc(C)c(C)cc21. The van der Waals surface area contributed by atoms with E-state index in [0.29, 0.717) is 0 Å². The second-order valence-corrected chi connectivity index (χ2v) is 6.45. The highest BCUT2D eigenvalue weighted by Crippen LogP contribution is 2.29. The van der Waals surface area contributed by atoms with E-state index in [9.17, 15) is 0 Å². The Morgan fingerprint density at radius 1 is 1.04 bits per heavy atom. The van der Waals surface area contributed by atoms with E-state index in [4.69, 9.17) is 10.7 Å². The number of aryl methyl sites for hydroxylation is 3. The predicted octanol–water partition coefficient (Wildman–Crippen LogP) is 4.37. The molecule has 1 heterocycles. The van der Waals surface area contributed by atoms with Gasteiger partial charge < -0.3 is 10.3 Å². The maximum absolute atomic E-state index is 6.26. The molecule has 0 aliphatic carbocycles. The topological polar surface area (TPSA) is 43.8 Å². The van der Waals surface area contributed by atoms with Crippen molar-refractivity contribution in [3.8, 4) is 11.4 Å². The Bertz CT molecular complexity index is 845. The van der Waals surface area contributed by atoms with Crippen LogP contribution in [0.25, 0.3) is 22.4 Å². The average Bonchev–Trinajstić information content (AvgIpc) is 2.86. The number of benzene rings is 2. The summed E-state index contributed by atoms with van der Waals surface area (Å²) in [7, 11) is 0. The first kappa shape index (κ1) is 15.8.